The number of ether oxygens (including phenoxy) is 1. The lowest BCUT2D eigenvalue weighted by Crippen LogP contribution is -2.45. The van der Waals surface area contributed by atoms with E-state index in [4.69, 9.17) is 4.74 Å². The average molecular weight is 381 g/mol. The quantitative estimate of drug-likeness (QED) is 0.732. The third-order valence-corrected chi connectivity index (χ3v) is 6.83. The molecular formula is C19H27NO5S. The first-order chi connectivity index (χ1) is 12.3. The van der Waals surface area contributed by atoms with Crippen molar-refractivity contribution < 1.29 is 22.7 Å². The monoisotopic (exact) mass is 381 g/mol. The fourth-order valence-corrected chi connectivity index (χ4v) is 4.46. The van der Waals surface area contributed by atoms with Crippen LogP contribution < -0.4 is 5.32 Å². The minimum absolute atomic E-state index is 0.100. The lowest BCUT2D eigenvalue weighted by atomic mass is 9.78. The van der Waals surface area contributed by atoms with Gasteiger partial charge < -0.3 is 10.1 Å². The van der Waals surface area contributed by atoms with Gasteiger partial charge in [0.05, 0.1) is 17.1 Å². The van der Waals surface area contributed by atoms with Gasteiger partial charge in [0.2, 0.25) is 0 Å². The summed E-state index contributed by atoms with van der Waals surface area (Å²) in [5.74, 6) is -0.423. The fraction of sp³-hybridized carbons (Fsp3) is 0.579. The van der Waals surface area contributed by atoms with Crippen molar-refractivity contribution in [1.82, 2.24) is 5.32 Å². The number of carbonyl (C=O) groups excluding carboxylic acids is 2. The predicted molar refractivity (Wildman–Crippen MR) is 98.2 cm³/mol. The van der Waals surface area contributed by atoms with Gasteiger partial charge in [0.1, 0.15) is 0 Å². The van der Waals surface area contributed by atoms with Crippen LogP contribution in [0.3, 0.4) is 0 Å². The number of hydrogen-bond acceptors (Lipinski definition) is 5. The molecule has 6 nitrogen and oxygen atoms in total. The van der Waals surface area contributed by atoms with Crippen molar-refractivity contribution in [3.05, 3.63) is 30.3 Å². The van der Waals surface area contributed by atoms with Crippen LogP contribution >= 0.6 is 0 Å². The third kappa shape index (κ3) is 5.83. The van der Waals surface area contributed by atoms with Gasteiger partial charge in [-0.15, -0.1) is 0 Å². The Kier molecular flexibility index (Phi) is 7.20. The summed E-state index contributed by atoms with van der Waals surface area (Å²) in [6.45, 7) is 3.92. The Morgan fingerprint density at radius 2 is 1.85 bits per heavy atom. The molecule has 1 saturated carbocycles. The van der Waals surface area contributed by atoms with E-state index in [1.165, 1.54) is 18.6 Å². The normalized spacial score (nSPS) is 23.2. The van der Waals surface area contributed by atoms with Gasteiger partial charge in [-0.1, -0.05) is 44.9 Å². The second-order valence-corrected chi connectivity index (χ2v) is 9.09. The summed E-state index contributed by atoms with van der Waals surface area (Å²) in [4.78, 5) is 23.9. The van der Waals surface area contributed by atoms with Gasteiger partial charge in [-0.2, -0.15) is 0 Å². The highest BCUT2D eigenvalue weighted by Gasteiger charge is 2.28. The van der Waals surface area contributed by atoms with Crippen LogP contribution in [0.2, 0.25) is 0 Å². The van der Waals surface area contributed by atoms with Gasteiger partial charge in [-0.05, 0) is 30.4 Å². The SMILES string of the molecule is C[C@@H]1[C@H](C)CCC[C@@H]1NC(=O)COC(=O)CCS(=O)(=O)c1ccccc1. The Balaban J connectivity index is 1.74. The van der Waals surface area contributed by atoms with Crippen LogP contribution in [-0.4, -0.2) is 38.7 Å². The van der Waals surface area contributed by atoms with Crippen molar-refractivity contribution in [2.45, 2.75) is 50.5 Å². The molecule has 1 N–H and O–H groups in total. The molecular weight excluding hydrogens is 354 g/mol. The highest BCUT2D eigenvalue weighted by atomic mass is 32.2. The standard InChI is InChI=1S/C19H27NO5S/c1-14-7-6-10-17(15(14)2)20-18(21)13-25-19(22)11-12-26(23,24)16-8-4-3-5-9-16/h3-5,8-9,14-15,17H,6-7,10-13H2,1-2H3,(H,20,21)/t14-,15-,17+/m1/s1. The van der Waals surface area contributed by atoms with Crippen LogP contribution in [0, 0.1) is 11.8 Å². The van der Waals surface area contributed by atoms with Crippen molar-refractivity contribution in [2.75, 3.05) is 12.4 Å². The van der Waals surface area contributed by atoms with Crippen LogP contribution in [0.25, 0.3) is 0 Å². The molecule has 1 aromatic carbocycles. The summed E-state index contributed by atoms with van der Waals surface area (Å²) in [6, 6.07) is 8.05. The lowest BCUT2D eigenvalue weighted by molar-refractivity contribution is -0.148. The smallest absolute Gasteiger partial charge is 0.307 e. The summed E-state index contributed by atoms with van der Waals surface area (Å²) < 4.78 is 29.2. The Labute approximate surface area is 155 Å². The van der Waals surface area contributed by atoms with Crippen molar-refractivity contribution in [2.24, 2.45) is 11.8 Å². The van der Waals surface area contributed by atoms with Crippen molar-refractivity contribution in [3.63, 3.8) is 0 Å². The maximum absolute atomic E-state index is 12.1. The highest BCUT2D eigenvalue weighted by molar-refractivity contribution is 7.91. The van der Waals surface area contributed by atoms with Crippen molar-refractivity contribution >= 4 is 21.7 Å². The Morgan fingerprint density at radius 3 is 2.54 bits per heavy atom. The van der Waals surface area contributed by atoms with Crippen LogP contribution in [0.1, 0.15) is 39.5 Å². The largest absolute Gasteiger partial charge is 0.456 e. The number of rotatable bonds is 7. The molecule has 144 valence electrons. The van der Waals surface area contributed by atoms with E-state index in [2.05, 4.69) is 19.2 Å². The molecule has 7 heteroatoms. The maximum Gasteiger partial charge on any atom is 0.307 e. The first kappa shape index (κ1) is 20.4. The average Bonchev–Trinajstić information content (AvgIpc) is 2.63. The molecule has 0 unspecified atom stereocenters. The number of hydrogen-bond donors (Lipinski definition) is 1. The highest BCUT2D eigenvalue weighted by Crippen LogP contribution is 2.29. The van der Waals surface area contributed by atoms with E-state index in [0.717, 1.165) is 12.8 Å². The molecule has 0 saturated heterocycles. The van der Waals surface area contributed by atoms with E-state index in [1.54, 1.807) is 18.2 Å². The second-order valence-electron chi connectivity index (χ2n) is 6.98. The van der Waals surface area contributed by atoms with Gasteiger partial charge in [0, 0.05) is 6.04 Å². The van der Waals surface area contributed by atoms with Gasteiger partial charge in [0.25, 0.3) is 5.91 Å². The molecule has 0 spiro atoms. The van der Waals surface area contributed by atoms with Crippen LogP contribution in [0.5, 0.6) is 0 Å². The molecule has 1 amide bonds. The first-order valence-electron chi connectivity index (χ1n) is 9.02. The van der Waals surface area contributed by atoms with Gasteiger partial charge in [-0.25, -0.2) is 8.42 Å². The number of esters is 1. The molecule has 0 aliphatic heterocycles. The fourth-order valence-electron chi connectivity index (χ4n) is 3.22. The Hall–Kier alpha value is -1.89. The van der Waals surface area contributed by atoms with Crippen molar-refractivity contribution in [3.8, 4) is 0 Å². The van der Waals surface area contributed by atoms with E-state index < -0.39 is 15.8 Å². The van der Waals surface area contributed by atoms with Crippen molar-refractivity contribution in [1.29, 1.82) is 0 Å². The molecule has 1 aliphatic rings. The number of carbonyl (C=O) groups is 2. The molecule has 3 atom stereocenters. The van der Waals surface area contributed by atoms with E-state index in [-0.39, 0.29) is 35.6 Å². The van der Waals surface area contributed by atoms with Gasteiger partial charge >= 0.3 is 5.97 Å². The maximum atomic E-state index is 12.1. The molecule has 0 bridgehead atoms. The van der Waals surface area contributed by atoms with Crippen LogP contribution in [-0.2, 0) is 24.2 Å². The zero-order valence-corrected chi connectivity index (χ0v) is 16.1. The molecule has 26 heavy (non-hydrogen) atoms. The molecule has 1 aliphatic carbocycles. The van der Waals surface area contributed by atoms with E-state index in [0.29, 0.717) is 11.8 Å². The predicted octanol–water partition coefficient (Wildman–Crippen LogP) is 2.33. The number of amides is 1. The van der Waals surface area contributed by atoms with E-state index in [9.17, 15) is 18.0 Å². The summed E-state index contributed by atoms with van der Waals surface area (Å²) in [7, 11) is -3.53. The van der Waals surface area contributed by atoms with Crippen LogP contribution in [0.15, 0.2) is 35.2 Å². The molecule has 0 heterocycles. The van der Waals surface area contributed by atoms with E-state index in [1.807, 2.05) is 0 Å². The van der Waals surface area contributed by atoms with Crippen LogP contribution in [0.4, 0.5) is 0 Å². The summed E-state index contributed by atoms with van der Waals surface area (Å²) in [5, 5.41) is 2.92. The first-order valence-corrected chi connectivity index (χ1v) is 10.7. The zero-order chi connectivity index (χ0) is 19.2. The minimum atomic E-state index is -3.53. The summed E-state index contributed by atoms with van der Waals surface area (Å²) in [5.41, 5.74) is 0. The number of sulfone groups is 1. The molecule has 0 radical (unpaired) electrons. The zero-order valence-electron chi connectivity index (χ0n) is 15.3. The lowest BCUT2D eigenvalue weighted by Gasteiger charge is -2.34. The Bertz CT molecular complexity index is 717. The molecule has 2 rings (SSSR count). The number of benzene rings is 1. The minimum Gasteiger partial charge on any atom is -0.456 e. The van der Waals surface area contributed by atoms with Gasteiger partial charge in [-0.3, -0.25) is 9.59 Å². The molecule has 0 aromatic heterocycles. The summed E-state index contributed by atoms with van der Waals surface area (Å²) >= 11 is 0. The summed E-state index contributed by atoms with van der Waals surface area (Å²) in [6.07, 6.45) is 2.90. The Morgan fingerprint density at radius 1 is 1.15 bits per heavy atom. The molecule has 1 aromatic rings. The second kappa shape index (κ2) is 9.16. The van der Waals surface area contributed by atoms with E-state index >= 15 is 0 Å². The topological polar surface area (TPSA) is 89.5 Å². The number of nitrogens with one attached hydrogen (secondary N) is 1. The van der Waals surface area contributed by atoms with Gasteiger partial charge in [0.15, 0.2) is 16.4 Å². The third-order valence-electron chi connectivity index (χ3n) is 5.09. The molecule has 1 fully saturated rings.